The number of hydrogen-bond acceptors (Lipinski definition) is 5. The predicted octanol–water partition coefficient (Wildman–Crippen LogP) is 1.79. The molecule has 20 heavy (non-hydrogen) atoms. The summed E-state index contributed by atoms with van der Waals surface area (Å²) in [4.78, 5) is 10.5. The lowest BCUT2D eigenvalue weighted by atomic mass is 10.3. The van der Waals surface area contributed by atoms with E-state index in [0.717, 1.165) is 6.07 Å². The summed E-state index contributed by atoms with van der Waals surface area (Å²) in [6.07, 6.45) is 0. The lowest BCUT2D eigenvalue weighted by Crippen LogP contribution is -2.13. The SMILES string of the molecule is Cc1oc(C(=O)O)cc1S(=O)(=O)Nc1ccc(O)cc1. The van der Waals surface area contributed by atoms with Crippen molar-refractivity contribution in [3.63, 3.8) is 0 Å². The molecular formula is C12H11NO6S. The molecule has 0 unspecified atom stereocenters. The van der Waals surface area contributed by atoms with Crippen molar-refractivity contribution in [2.75, 3.05) is 4.72 Å². The Morgan fingerprint density at radius 3 is 2.35 bits per heavy atom. The maximum atomic E-state index is 12.1. The molecule has 2 aromatic rings. The van der Waals surface area contributed by atoms with Crippen LogP contribution in [0.3, 0.4) is 0 Å². The Balaban J connectivity index is 2.35. The average molecular weight is 297 g/mol. The largest absolute Gasteiger partial charge is 0.508 e. The van der Waals surface area contributed by atoms with Crippen LogP contribution in [-0.2, 0) is 10.0 Å². The molecule has 0 aliphatic carbocycles. The van der Waals surface area contributed by atoms with Crippen molar-refractivity contribution in [2.24, 2.45) is 0 Å². The molecule has 0 amide bonds. The van der Waals surface area contributed by atoms with Crippen LogP contribution in [0.15, 0.2) is 39.6 Å². The molecule has 0 spiro atoms. The second kappa shape index (κ2) is 4.89. The minimum absolute atomic E-state index is 0.000558. The van der Waals surface area contributed by atoms with Gasteiger partial charge < -0.3 is 14.6 Å². The maximum Gasteiger partial charge on any atom is 0.371 e. The van der Waals surface area contributed by atoms with Crippen LogP contribution in [0.1, 0.15) is 16.3 Å². The van der Waals surface area contributed by atoms with Gasteiger partial charge in [-0.2, -0.15) is 0 Å². The van der Waals surface area contributed by atoms with Crippen LogP contribution in [-0.4, -0.2) is 24.6 Å². The highest BCUT2D eigenvalue weighted by Crippen LogP contribution is 2.23. The number of sulfonamides is 1. The van der Waals surface area contributed by atoms with Crippen molar-refractivity contribution in [3.05, 3.63) is 41.9 Å². The molecule has 0 aliphatic heterocycles. The number of rotatable bonds is 4. The molecule has 8 heteroatoms. The summed E-state index contributed by atoms with van der Waals surface area (Å²) >= 11 is 0. The van der Waals surface area contributed by atoms with Crippen molar-refractivity contribution in [1.82, 2.24) is 0 Å². The Morgan fingerprint density at radius 1 is 1.25 bits per heavy atom. The first kappa shape index (κ1) is 13.9. The summed E-state index contributed by atoms with van der Waals surface area (Å²) in [5.74, 6) is -1.82. The van der Waals surface area contributed by atoms with Gasteiger partial charge in [-0.15, -0.1) is 0 Å². The van der Waals surface area contributed by atoms with Crippen molar-refractivity contribution >= 4 is 21.7 Å². The van der Waals surface area contributed by atoms with E-state index >= 15 is 0 Å². The summed E-state index contributed by atoms with van der Waals surface area (Å²) in [6.45, 7) is 1.36. The molecule has 0 radical (unpaired) electrons. The summed E-state index contributed by atoms with van der Waals surface area (Å²) in [5, 5.41) is 17.9. The number of phenols is 1. The number of furan rings is 1. The van der Waals surface area contributed by atoms with Gasteiger partial charge in [-0.1, -0.05) is 0 Å². The third-order valence-corrected chi connectivity index (χ3v) is 3.98. The van der Waals surface area contributed by atoms with Crippen LogP contribution < -0.4 is 4.72 Å². The highest BCUT2D eigenvalue weighted by atomic mass is 32.2. The van der Waals surface area contributed by atoms with Gasteiger partial charge in [0.2, 0.25) is 5.76 Å². The minimum Gasteiger partial charge on any atom is -0.508 e. The van der Waals surface area contributed by atoms with Crippen LogP contribution in [0.4, 0.5) is 5.69 Å². The van der Waals surface area contributed by atoms with Crippen LogP contribution in [0.2, 0.25) is 0 Å². The maximum absolute atomic E-state index is 12.1. The van der Waals surface area contributed by atoms with Crippen molar-refractivity contribution in [2.45, 2.75) is 11.8 Å². The van der Waals surface area contributed by atoms with E-state index in [0.29, 0.717) is 0 Å². The Kier molecular flexibility index (Phi) is 3.41. The number of phenolic OH excluding ortho intramolecular Hbond substituents is 1. The first-order chi connectivity index (χ1) is 9.29. The number of aromatic carboxylic acids is 1. The van der Waals surface area contributed by atoms with Gasteiger partial charge in [0, 0.05) is 11.8 Å². The Morgan fingerprint density at radius 2 is 1.85 bits per heavy atom. The van der Waals surface area contributed by atoms with E-state index in [4.69, 9.17) is 14.6 Å². The third-order valence-electron chi connectivity index (χ3n) is 2.49. The monoisotopic (exact) mass is 297 g/mol. The van der Waals surface area contributed by atoms with Gasteiger partial charge in [0.05, 0.1) is 0 Å². The fraction of sp³-hybridized carbons (Fsp3) is 0.0833. The fourth-order valence-electron chi connectivity index (χ4n) is 1.58. The van der Waals surface area contributed by atoms with E-state index in [1.165, 1.54) is 31.2 Å². The number of nitrogens with one attached hydrogen (secondary N) is 1. The van der Waals surface area contributed by atoms with Crippen molar-refractivity contribution < 1.29 is 27.8 Å². The molecule has 0 fully saturated rings. The van der Waals surface area contributed by atoms with E-state index in [-0.39, 0.29) is 22.1 Å². The standard InChI is InChI=1S/C12H11NO6S/c1-7-11(6-10(19-7)12(15)16)20(17,18)13-8-2-4-9(14)5-3-8/h2-6,13-14H,1H3,(H,15,16). The molecule has 1 aromatic heterocycles. The number of carboxylic acid groups (broad SMARTS) is 1. The highest BCUT2D eigenvalue weighted by molar-refractivity contribution is 7.92. The van der Waals surface area contributed by atoms with Gasteiger partial charge in [-0.25, -0.2) is 13.2 Å². The highest BCUT2D eigenvalue weighted by Gasteiger charge is 2.23. The molecule has 0 bridgehead atoms. The third kappa shape index (κ3) is 2.75. The smallest absolute Gasteiger partial charge is 0.371 e. The van der Waals surface area contributed by atoms with Gasteiger partial charge in [0.25, 0.3) is 10.0 Å². The van der Waals surface area contributed by atoms with E-state index < -0.39 is 21.8 Å². The number of benzene rings is 1. The van der Waals surface area contributed by atoms with Gasteiger partial charge in [-0.3, -0.25) is 4.72 Å². The number of carbonyl (C=O) groups is 1. The van der Waals surface area contributed by atoms with Crippen LogP contribution in [0, 0.1) is 6.92 Å². The summed E-state index contributed by atoms with van der Waals surface area (Å²) in [7, 11) is -3.96. The zero-order valence-corrected chi connectivity index (χ0v) is 11.1. The van der Waals surface area contributed by atoms with Crippen molar-refractivity contribution in [1.29, 1.82) is 0 Å². The molecule has 0 aliphatic rings. The molecule has 106 valence electrons. The molecule has 1 heterocycles. The molecule has 0 saturated carbocycles. The molecular weight excluding hydrogens is 286 g/mol. The Labute approximate surface area is 114 Å². The quantitative estimate of drug-likeness (QED) is 0.741. The van der Waals surface area contributed by atoms with E-state index in [2.05, 4.69) is 4.72 Å². The Bertz CT molecular complexity index is 745. The summed E-state index contributed by atoms with van der Waals surface area (Å²) < 4.78 is 31.4. The zero-order valence-electron chi connectivity index (χ0n) is 10.3. The number of carboxylic acids is 1. The molecule has 1 aromatic carbocycles. The normalized spacial score (nSPS) is 11.2. The number of aryl methyl sites for hydroxylation is 1. The van der Waals surface area contributed by atoms with Crippen LogP contribution in [0.5, 0.6) is 5.75 Å². The number of aromatic hydroxyl groups is 1. The fourth-order valence-corrected chi connectivity index (χ4v) is 2.82. The second-order valence-corrected chi connectivity index (χ2v) is 5.64. The average Bonchev–Trinajstić information content (AvgIpc) is 2.75. The Hall–Kier alpha value is -2.48. The van der Waals surface area contributed by atoms with Crippen LogP contribution in [0.25, 0.3) is 0 Å². The number of anilines is 1. The lowest BCUT2D eigenvalue weighted by molar-refractivity contribution is 0.0661. The molecule has 3 N–H and O–H groups in total. The second-order valence-electron chi connectivity index (χ2n) is 3.99. The topological polar surface area (TPSA) is 117 Å². The summed E-state index contributed by atoms with van der Waals surface area (Å²) in [6, 6.07) is 6.34. The van der Waals surface area contributed by atoms with E-state index in [9.17, 15) is 13.2 Å². The molecule has 7 nitrogen and oxygen atoms in total. The lowest BCUT2D eigenvalue weighted by Gasteiger charge is -2.06. The minimum atomic E-state index is -3.96. The van der Waals surface area contributed by atoms with Crippen LogP contribution >= 0.6 is 0 Å². The van der Waals surface area contributed by atoms with Gasteiger partial charge in [0.1, 0.15) is 16.4 Å². The van der Waals surface area contributed by atoms with Gasteiger partial charge >= 0.3 is 5.97 Å². The van der Waals surface area contributed by atoms with Gasteiger partial charge in [-0.05, 0) is 31.2 Å². The van der Waals surface area contributed by atoms with Crippen molar-refractivity contribution in [3.8, 4) is 5.75 Å². The van der Waals surface area contributed by atoms with E-state index in [1.54, 1.807) is 0 Å². The summed E-state index contributed by atoms with van der Waals surface area (Å²) in [5.41, 5.74) is 0.236. The predicted molar refractivity (Wildman–Crippen MR) is 69.3 cm³/mol. The van der Waals surface area contributed by atoms with E-state index in [1.807, 2.05) is 0 Å². The first-order valence-electron chi connectivity index (χ1n) is 5.45. The number of hydrogen-bond donors (Lipinski definition) is 3. The first-order valence-corrected chi connectivity index (χ1v) is 6.93. The molecule has 0 saturated heterocycles. The zero-order chi connectivity index (χ0) is 14.9. The molecule has 0 atom stereocenters. The molecule has 2 rings (SSSR count). The van der Waals surface area contributed by atoms with Gasteiger partial charge in [0.15, 0.2) is 0 Å².